The van der Waals surface area contributed by atoms with Gasteiger partial charge in [0.2, 0.25) is 0 Å². The van der Waals surface area contributed by atoms with Crippen molar-refractivity contribution in [1.29, 1.82) is 0 Å². The number of nitrogens with one attached hydrogen (secondary N) is 1. The van der Waals surface area contributed by atoms with Crippen LogP contribution in [0.2, 0.25) is 0 Å². The van der Waals surface area contributed by atoms with Crippen LogP contribution in [-0.4, -0.2) is 19.6 Å². The van der Waals surface area contributed by atoms with Crippen molar-refractivity contribution < 1.29 is 0 Å². The Morgan fingerprint density at radius 3 is 2.70 bits per heavy atom. The van der Waals surface area contributed by atoms with Crippen molar-refractivity contribution in [2.45, 2.75) is 52.1 Å². The molecule has 2 heterocycles. The van der Waals surface area contributed by atoms with Crippen molar-refractivity contribution in [3.8, 4) is 0 Å². The van der Waals surface area contributed by atoms with Crippen LogP contribution in [0.25, 0.3) is 0 Å². The highest BCUT2D eigenvalue weighted by atomic mass is 15.3. The van der Waals surface area contributed by atoms with Gasteiger partial charge in [0.1, 0.15) is 5.82 Å². The molecule has 1 aliphatic carbocycles. The predicted molar refractivity (Wildman–Crippen MR) is 79.9 cm³/mol. The number of aromatic nitrogens is 4. The van der Waals surface area contributed by atoms with Crippen LogP contribution in [0.3, 0.4) is 0 Å². The summed E-state index contributed by atoms with van der Waals surface area (Å²) in [6, 6.07) is 2.58. The van der Waals surface area contributed by atoms with Gasteiger partial charge < -0.3 is 5.32 Å². The molecule has 0 unspecified atom stereocenters. The molecule has 2 aromatic heterocycles. The highest BCUT2D eigenvalue weighted by Gasteiger charge is 2.26. The normalized spacial score (nSPS) is 15.1. The Morgan fingerprint density at radius 1 is 1.35 bits per heavy atom. The lowest BCUT2D eigenvalue weighted by Crippen LogP contribution is -2.05. The Kier molecular flexibility index (Phi) is 3.28. The molecule has 0 bridgehead atoms. The molecule has 5 nitrogen and oxygen atoms in total. The summed E-state index contributed by atoms with van der Waals surface area (Å²) in [5, 5.41) is 12.6. The van der Waals surface area contributed by atoms with E-state index in [0.717, 1.165) is 18.1 Å². The van der Waals surface area contributed by atoms with Gasteiger partial charge >= 0.3 is 0 Å². The maximum Gasteiger partial charge on any atom is 0.124 e. The fraction of sp³-hybridized carbons (Fsp3) is 0.600. The summed E-state index contributed by atoms with van der Waals surface area (Å²) >= 11 is 0. The van der Waals surface area contributed by atoms with Crippen LogP contribution in [0.15, 0.2) is 12.3 Å². The van der Waals surface area contributed by atoms with Gasteiger partial charge in [0, 0.05) is 43.4 Å². The molecule has 108 valence electrons. The first kappa shape index (κ1) is 13.2. The molecule has 1 N–H and O–H groups in total. The molecule has 0 aromatic carbocycles. The SMILES string of the molecule is Cc1nn(C(C)C)cc1CNc1cc(C2CC2)nn1C. The van der Waals surface area contributed by atoms with Crippen molar-refractivity contribution in [2.75, 3.05) is 5.32 Å². The molecule has 2 aromatic rings. The molecule has 1 saturated carbocycles. The number of hydrogen-bond acceptors (Lipinski definition) is 3. The maximum atomic E-state index is 4.57. The molecule has 0 saturated heterocycles. The molecule has 1 aliphatic rings. The first-order valence-electron chi connectivity index (χ1n) is 7.37. The van der Waals surface area contributed by atoms with Crippen molar-refractivity contribution >= 4 is 5.82 Å². The Balaban J connectivity index is 1.69. The van der Waals surface area contributed by atoms with Crippen LogP contribution < -0.4 is 5.32 Å². The topological polar surface area (TPSA) is 47.7 Å². The summed E-state index contributed by atoms with van der Waals surface area (Å²) in [5.74, 6) is 1.78. The zero-order chi connectivity index (χ0) is 14.3. The number of nitrogens with zero attached hydrogens (tertiary/aromatic N) is 4. The first-order valence-corrected chi connectivity index (χ1v) is 7.37. The summed E-state index contributed by atoms with van der Waals surface area (Å²) in [6.07, 6.45) is 4.71. The van der Waals surface area contributed by atoms with Crippen LogP contribution in [0.5, 0.6) is 0 Å². The maximum absolute atomic E-state index is 4.57. The molecule has 20 heavy (non-hydrogen) atoms. The van der Waals surface area contributed by atoms with Crippen LogP contribution in [0.1, 0.15) is 55.6 Å². The summed E-state index contributed by atoms with van der Waals surface area (Å²) in [6.45, 7) is 7.15. The molecule has 0 aliphatic heterocycles. The van der Waals surface area contributed by atoms with E-state index in [-0.39, 0.29) is 0 Å². The summed E-state index contributed by atoms with van der Waals surface area (Å²) in [4.78, 5) is 0. The van der Waals surface area contributed by atoms with Crippen LogP contribution in [0.4, 0.5) is 5.82 Å². The first-order chi connectivity index (χ1) is 9.54. The van der Waals surface area contributed by atoms with Gasteiger partial charge in [-0.3, -0.25) is 9.36 Å². The number of hydrogen-bond donors (Lipinski definition) is 1. The smallest absolute Gasteiger partial charge is 0.124 e. The van der Waals surface area contributed by atoms with Crippen molar-refractivity contribution in [1.82, 2.24) is 19.6 Å². The van der Waals surface area contributed by atoms with Crippen LogP contribution >= 0.6 is 0 Å². The molecular formula is C15H23N5. The van der Waals surface area contributed by atoms with Crippen LogP contribution in [0, 0.1) is 6.92 Å². The van der Waals surface area contributed by atoms with Gasteiger partial charge in [-0.25, -0.2) is 0 Å². The van der Waals surface area contributed by atoms with E-state index < -0.39 is 0 Å². The standard InChI is InChI=1S/C15H23N5/c1-10(2)20-9-13(11(3)17-20)8-16-15-7-14(12-5-6-12)18-19(15)4/h7,9-10,12,16H,5-6,8H2,1-4H3. The number of anilines is 1. The Bertz CT molecular complexity index is 558. The Morgan fingerprint density at radius 2 is 2.10 bits per heavy atom. The minimum absolute atomic E-state index is 0.403. The molecule has 0 spiro atoms. The predicted octanol–water partition coefficient (Wildman–Crippen LogP) is 3.00. The van der Waals surface area contributed by atoms with E-state index in [1.54, 1.807) is 0 Å². The van der Waals surface area contributed by atoms with Crippen molar-refractivity contribution in [2.24, 2.45) is 7.05 Å². The molecular weight excluding hydrogens is 250 g/mol. The van der Waals surface area contributed by atoms with E-state index in [1.165, 1.54) is 24.1 Å². The summed E-state index contributed by atoms with van der Waals surface area (Å²) in [7, 11) is 2.00. The van der Waals surface area contributed by atoms with Gasteiger partial charge in [0.15, 0.2) is 0 Å². The molecule has 0 radical (unpaired) electrons. The third-order valence-corrected chi connectivity index (χ3v) is 3.90. The Hall–Kier alpha value is -1.78. The van der Waals surface area contributed by atoms with E-state index in [0.29, 0.717) is 12.0 Å². The highest BCUT2D eigenvalue weighted by Crippen LogP contribution is 2.39. The van der Waals surface area contributed by atoms with E-state index in [4.69, 9.17) is 0 Å². The van der Waals surface area contributed by atoms with Crippen LogP contribution in [-0.2, 0) is 13.6 Å². The second-order valence-corrected chi connectivity index (χ2v) is 6.02. The second kappa shape index (κ2) is 4.96. The third-order valence-electron chi connectivity index (χ3n) is 3.90. The minimum Gasteiger partial charge on any atom is -0.366 e. The molecule has 5 heteroatoms. The number of rotatable bonds is 5. The number of aryl methyl sites for hydroxylation is 2. The van der Waals surface area contributed by atoms with E-state index in [2.05, 4.69) is 48.5 Å². The zero-order valence-electron chi connectivity index (χ0n) is 12.7. The fourth-order valence-corrected chi connectivity index (χ4v) is 2.38. The molecule has 0 amide bonds. The van der Waals surface area contributed by atoms with Gasteiger partial charge in [0.05, 0.1) is 11.4 Å². The van der Waals surface area contributed by atoms with Crippen molar-refractivity contribution in [3.63, 3.8) is 0 Å². The lowest BCUT2D eigenvalue weighted by Gasteiger charge is -2.05. The average Bonchev–Trinajstić information content (AvgIpc) is 3.08. The van der Waals surface area contributed by atoms with Crippen molar-refractivity contribution in [3.05, 3.63) is 29.2 Å². The fourth-order valence-electron chi connectivity index (χ4n) is 2.38. The average molecular weight is 273 g/mol. The monoisotopic (exact) mass is 273 g/mol. The van der Waals surface area contributed by atoms with E-state index >= 15 is 0 Å². The molecule has 0 atom stereocenters. The largest absolute Gasteiger partial charge is 0.366 e. The zero-order valence-corrected chi connectivity index (χ0v) is 12.7. The summed E-state index contributed by atoms with van der Waals surface area (Å²) in [5.41, 5.74) is 3.56. The lowest BCUT2D eigenvalue weighted by atomic mass is 10.2. The quantitative estimate of drug-likeness (QED) is 0.911. The van der Waals surface area contributed by atoms with Gasteiger partial charge in [-0.1, -0.05) is 0 Å². The second-order valence-electron chi connectivity index (χ2n) is 6.02. The van der Waals surface area contributed by atoms with Gasteiger partial charge in [-0.15, -0.1) is 0 Å². The highest BCUT2D eigenvalue weighted by molar-refractivity contribution is 5.40. The minimum atomic E-state index is 0.403. The molecule has 1 fully saturated rings. The molecule has 3 rings (SSSR count). The van der Waals surface area contributed by atoms with Gasteiger partial charge in [-0.2, -0.15) is 10.2 Å². The van der Waals surface area contributed by atoms with E-state index in [9.17, 15) is 0 Å². The van der Waals surface area contributed by atoms with Gasteiger partial charge in [0.25, 0.3) is 0 Å². The van der Waals surface area contributed by atoms with E-state index in [1.807, 2.05) is 16.4 Å². The van der Waals surface area contributed by atoms with Gasteiger partial charge in [-0.05, 0) is 33.6 Å². The lowest BCUT2D eigenvalue weighted by molar-refractivity contribution is 0.529. The third kappa shape index (κ3) is 2.57. The summed E-state index contributed by atoms with van der Waals surface area (Å²) < 4.78 is 3.96. The Labute approximate surface area is 120 Å².